The number of methoxy groups -OCH3 is 1. The van der Waals surface area contributed by atoms with E-state index in [4.69, 9.17) is 23.3 Å². The zero-order valence-electron chi connectivity index (χ0n) is 30.4. The van der Waals surface area contributed by atoms with E-state index in [1.165, 1.54) is 16.7 Å². The summed E-state index contributed by atoms with van der Waals surface area (Å²) in [6, 6.07) is 23.0. The number of H-pyrrole nitrogens is 1. The number of benzene rings is 2. The number of ether oxygens (including phenoxy) is 3. The van der Waals surface area contributed by atoms with Crippen molar-refractivity contribution in [1.82, 2.24) is 24.2 Å². The summed E-state index contributed by atoms with van der Waals surface area (Å²) in [5, 5.41) is 5.48. The molecule has 3 fully saturated rings. The summed E-state index contributed by atoms with van der Waals surface area (Å²) in [5.41, 5.74) is -0.0558. The van der Waals surface area contributed by atoms with Gasteiger partial charge in [0.2, 0.25) is 11.9 Å². The highest BCUT2D eigenvalue weighted by Crippen LogP contribution is 2.59. The predicted octanol–water partition coefficient (Wildman–Crippen LogP) is 4.42. The molecule has 0 radical (unpaired) electrons. The summed E-state index contributed by atoms with van der Waals surface area (Å²) in [6.07, 6.45) is 2.24. The number of fused-ring (bicyclic) bond motifs is 2. The molecule has 5 heterocycles. The first-order chi connectivity index (χ1) is 25.2. The molecule has 3 aliphatic rings. The van der Waals surface area contributed by atoms with E-state index in [2.05, 4.69) is 99.1 Å². The molecule has 278 valence electrons. The molecule has 0 spiro atoms. The molecule has 15 heteroatoms. The van der Waals surface area contributed by atoms with E-state index < -0.39 is 40.6 Å². The molecule has 52 heavy (non-hydrogen) atoms. The smallest absolute Gasteiger partial charge is 0.280 e. The number of amides is 1. The zero-order valence-corrected chi connectivity index (χ0v) is 32.3. The van der Waals surface area contributed by atoms with Crippen LogP contribution in [0.5, 0.6) is 0 Å². The third-order valence-corrected chi connectivity index (χ3v) is 16.8. The van der Waals surface area contributed by atoms with Crippen LogP contribution in [0.1, 0.15) is 46.3 Å². The third kappa shape index (κ3) is 7.27. The van der Waals surface area contributed by atoms with Crippen LogP contribution in [0.4, 0.5) is 5.95 Å². The van der Waals surface area contributed by atoms with Gasteiger partial charge in [-0.2, -0.15) is 4.98 Å². The van der Waals surface area contributed by atoms with Crippen molar-refractivity contribution < 1.29 is 28.1 Å². The highest BCUT2D eigenvalue weighted by molar-refractivity contribution is 7.45. The predicted molar refractivity (Wildman–Crippen MR) is 202 cm³/mol. The van der Waals surface area contributed by atoms with E-state index in [-0.39, 0.29) is 47.2 Å². The Hall–Kier alpha value is -3.33. The van der Waals surface area contributed by atoms with Gasteiger partial charge in [0, 0.05) is 25.6 Å². The molecule has 4 aromatic rings. The maximum absolute atomic E-state index is 13.1. The Kier molecular flexibility index (Phi) is 11.4. The van der Waals surface area contributed by atoms with Crippen molar-refractivity contribution in [3.05, 3.63) is 77.3 Å². The van der Waals surface area contributed by atoms with Crippen molar-refractivity contribution in [2.75, 3.05) is 32.2 Å². The Morgan fingerprint density at radius 3 is 2.44 bits per heavy atom. The Balaban J connectivity index is 1.18. The van der Waals surface area contributed by atoms with Crippen LogP contribution in [-0.2, 0) is 28.1 Å². The number of carbonyl (C=O) groups excluding carboxylic acids is 1. The average molecular weight is 749 g/mol. The lowest BCUT2D eigenvalue weighted by atomic mass is 10.1. The molecular formula is C37H49N6O7PSi. The molecule has 2 aromatic carbocycles. The van der Waals surface area contributed by atoms with Crippen molar-refractivity contribution in [3.8, 4) is 0 Å². The van der Waals surface area contributed by atoms with Crippen molar-refractivity contribution >= 4 is 50.0 Å². The second-order valence-electron chi connectivity index (χ2n) is 14.3. The van der Waals surface area contributed by atoms with Gasteiger partial charge >= 0.3 is 0 Å². The van der Waals surface area contributed by atoms with Gasteiger partial charge < -0.3 is 23.3 Å². The monoisotopic (exact) mass is 748 g/mol. The lowest BCUT2D eigenvalue weighted by Crippen LogP contribution is -2.58. The second-order valence-corrected chi connectivity index (χ2v) is 19.9. The average Bonchev–Trinajstić information content (AvgIpc) is 3.94. The molecule has 13 nitrogen and oxygen atoms in total. The highest BCUT2D eigenvalue weighted by Gasteiger charge is 2.54. The molecule has 3 aliphatic heterocycles. The first-order valence-electron chi connectivity index (χ1n) is 18.3. The SMILES string of the molecule is CC[C@H]1O[C@@H](n2cnc3c(=O)[nH]c(NC(=O)C(C)C)nc32)[C@@H](OCCOC)C1O[P@]1O[C@@H](C[Si](C)(c2ccccc2)c2ccccc2)[C@H]2CCCN21. The van der Waals surface area contributed by atoms with Crippen LogP contribution in [-0.4, -0.2) is 95.5 Å². The van der Waals surface area contributed by atoms with Gasteiger partial charge in [-0.25, -0.2) is 9.65 Å². The number of aromatic nitrogens is 4. The fourth-order valence-corrected chi connectivity index (χ4v) is 13.6. The molecule has 3 saturated heterocycles. The van der Waals surface area contributed by atoms with Crippen LogP contribution in [0.3, 0.4) is 0 Å². The minimum atomic E-state index is -2.19. The number of hydrogen-bond donors (Lipinski definition) is 2. The number of carbonyl (C=O) groups is 1. The summed E-state index contributed by atoms with van der Waals surface area (Å²) in [5.74, 6) is -0.518. The Morgan fingerprint density at radius 2 is 1.79 bits per heavy atom. The number of nitrogens with one attached hydrogen (secondary N) is 2. The van der Waals surface area contributed by atoms with Gasteiger partial charge in [-0.05, 0) is 25.3 Å². The number of aromatic amines is 1. The van der Waals surface area contributed by atoms with Crippen LogP contribution in [0, 0.1) is 5.92 Å². The van der Waals surface area contributed by atoms with Crippen LogP contribution in [0.25, 0.3) is 11.2 Å². The van der Waals surface area contributed by atoms with Gasteiger partial charge in [0.25, 0.3) is 14.1 Å². The maximum Gasteiger partial charge on any atom is 0.280 e. The first kappa shape index (κ1) is 37.0. The van der Waals surface area contributed by atoms with Crippen molar-refractivity contribution in [3.63, 3.8) is 0 Å². The number of hydrogen-bond acceptors (Lipinski definition) is 10. The van der Waals surface area contributed by atoms with Gasteiger partial charge in [0.05, 0.1) is 31.7 Å². The van der Waals surface area contributed by atoms with Crippen LogP contribution >= 0.6 is 8.53 Å². The molecule has 1 amide bonds. The summed E-state index contributed by atoms with van der Waals surface area (Å²) in [4.78, 5) is 37.1. The van der Waals surface area contributed by atoms with E-state index in [9.17, 15) is 9.59 Å². The van der Waals surface area contributed by atoms with Gasteiger partial charge in [0.15, 0.2) is 17.4 Å². The van der Waals surface area contributed by atoms with E-state index in [0.29, 0.717) is 19.6 Å². The Morgan fingerprint density at radius 1 is 1.08 bits per heavy atom. The lowest BCUT2D eigenvalue weighted by Gasteiger charge is -2.32. The summed E-state index contributed by atoms with van der Waals surface area (Å²) < 4.78 is 36.8. The fourth-order valence-electron chi connectivity index (χ4n) is 7.65. The van der Waals surface area contributed by atoms with Gasteiger partial charge in [-0.1, -0.05) is 98.4 Å². The maximum atomic E-state index is 13.1. The molecule has 7 atom stereocenters. The van der Waals surface area contributed by atoms with Gasteiger partial charge in [-0.3, -0.25) is 24.5 Å². The van der Waals surface area contributed by atoms with E-state index in [1.54, 1.807) is 25.5 Å². The van der Waals surface area contributed by atoms with Crippen molar-refractivity contribution in [1.29, 1.82) is 0 Å². The minimum absolute atomic E-state index is 0.0183. The van der Waals surface area contributed by atoms with Crippen LogP contribution in [0.2, 0.25) is 12.6 Å². The molecule has 0 bridgehead atoms. The van der Waals surface area contributed by atoms with Gasteiger partial charge in [-0.15, -0.1) is 0 Å². The minimum Gasteiger partial charge on any atom is -0.382 e. The summed E-state index contributed by atoms with van der Waals surface area (Å²) in [6.45, 7) is 9.65. The molecular weight excluding hydrogens is 700 g/mol. The molecule has 1 unspecified atom stereocenters. The molecule has 2 aromatic heterocycles. The lowest BCUT2D eigenvalue weighted by molar-refractivity contribution is -0.118. The Bertz CT molecular complexity index is 1840. The van der Waals surface area contributed by atoms with Crippen LogP contribution < -0.4 is 21.2 Å². The normalized spacial score (nSPS) is 26.4. The standard InChI is InChI=1S/C37H49N6O7PSi/c1-6-28-31(32(47-21-20-46-4)36(48-28)42-23-38-30-33(42)39-37(41-35(30)45)40-34(44)24(2)3)50-51-43-19-13-18-27(43)29(49-51)22-52(5,25-14-9-7-10-15-25)26-16-11-8-12-17-26/h7-12,14-17,23-24,27-29,31-32,36H,6,13,18-22H2,1-5H3,(H2,39,40,41,44,45)/t27-,28-,29+,31?,32+,36-,51+/m1/s1. The quantitative estimate of drug-likeness (QED) is 0.108. The molecule has 7 rings (SSSR count). The summed E-state index contributed by atoms with van der Waals surface area (Å²) in [7, 11) is -1.98. The molecule has 0 aliphatic carbocycles. The largest absolute Gasteiger partial charge is 0.382 e. The third-order valence-electron chi connectivity index (χ3n) is 10.5. The number of nitrogens with zero attached hydrogens (tertiary/aromatic N) is 4. The molecule has 2 N–H and O–H groups in total. The summed E-state index contributed by atoms with van der Waals surface area (Å²) >= 11 is 0. The number of anilines is 1. The van der Waals surface area contributed by atoms with Crippen molar-refractivity contribution in [2.45, 2.75) is 89.3 Å². The highest BCUT2D eigenvalue weighted by atomic mass is 31.2. The van der Waals surface area contributed by atoms with E-state index in [1.807, 2.05) is 0 Å². The Labute approximate surface area is 306 Å². The van der Waals surface area contributed by atoms with Crippen LogP contribution in [0.15, 0.2) is 71.8 Å². The molecule has 0 saturated carbocycles. The number of rotatable bonds is 14. The van der Waals surface area contributed by atoms with E-state index in [0.717, 1.165) is 25.4 Å². The van der Waals surface area contributed by atoms with Gasteiger partial charge in [0.1, 0.15) is 20.3 Å². The van der Waals surface area contributed by atoms with Crippen molar-refractivity contribution in [2.24, 2.45) is 5.92 Å². The number of imidazole rings is 1. The topological polar surface area (TPSA) is 142 Å². The zero-order chi connectivity index (χ0) is 36.4. The van der Waals surface area contributed by atoms with E-state index >= 15 is 0 Å². The first-order valence-corrected chi connectivity index (χ1v) is 22.1. The second kappa shape index (κ2) is 16.0. The fraction of sp³-hybridized carbons (Fsp3) is 0.514.